The molecule has 0 spiro atoms. The van der Waals surface area contributed by atoms with Gasteiger partial charge in [-0.1, -0.05) is 61.5 Å². The monoisotopic (exact) mass is 563 g/mol. The number of para-hydroxylation sites is 1. The van der Waals surface area contributed by atoms with Gasteiger partial charge < -0.3 is 31.8 Å². The largest absolute Gasteiger partial charge is 0.495 e. The number of rotatable bonds is 11. The fourth-order valence-electron chi connectivity index (χ4n) is 5.07. The lowest BCUT2D eigenvalue weighted by Crippen LogP contribution is -2.51. The minimum Gasteiger partial charge on any atom is -0.495 e. The molecule has 10 nitrogen and oxygen atoms in total. The highest BCUT2D eigenvalue weighted by molar-refractivity contribution is 6.17. The number of quaternary nitrogens is 1. The lowest BCUT2D eigenvalue weighted by Gasteiger charge is -2.19. The molecule has 1 atom stereocenters. The SMILES string of the molecule is CCC(CC[NH3+])Nc1ncnc(N)c1C(=N)c1ccc(NC(=O)c2[nH]c3ccccc3c2-c2ccccc2)c(OC)c1. The first kappa shape index (κ1) is 28.3. The van der Waals surface area contributed by atoms with E-state index in [4.69, 9.17) is 15.9 Å². The number of anilines is 3. The van der Waals surface area contributed by atoms with E-state index < -0.39 is 0 Å². The number of benzene rings is 3. The summed E-state index contributed by atoms with van der Waals surface area (Å²) in [5.41, 5.74) is 14.8. The zero-order chi connectivity index (χ0) is 29.6. The number of ether oxygens (including phenoxy) is 1. The summed E-state index contributed by atoms with van der Waals surface area (Å²) in [6.07, 6.45) is 3.12. The summed E-state index contributed by atoms with van der Waals surface area (Å²) in [7, 11) is 1.52. The van der Waals surface area contributed by atoms with Gasteiger partial charge in [-0.05, 0) is 30.2 Å². The van der Waals surface area contributed by atoms with Crippen LogP contribution in [-0.2, 0) is 0 Å². The van der Waals surface area contributed by atoms with Crippen LogP contribution in [0.4, 0.5) is 17.3 Å². The molecule has 214 valence electrons. The Hall–Kier alpha value is -5.22. The van der Waals surface area contributed by atoms with Gasteiger partial charge in [0.15, 0.2) is 0 Å². The molecule has 2 heterocycles. The van der Waals surface area contributed by atoms with Crippen molar-refractivity contribution in [1.29, 1.82) is 5.41 Å². The molecule has 5 aromatic rings. The summed E-state index contributed by atoms with van der Waals surface area (Å²) in [6, 6.07) is 22.9. The number of nitrogens with zero attached hydrogens (tertiary/aromatic N) is 2. The molecule has 0 fully saturated rings. The quantitative estimate of drug-likeness (QED) is 0.127. The zero-order valence-electron chi connectivity index (χ0n) is 23.7. The van der Waals surface area contributed by atoms with E-state index >= 15 is 0 Å². The Morgan fingerprint density at radius 3 is 2.60 bits per heavy atom. The molecule has 5 rings (SSSR count). The van der Waals surface area contributed by atoms with Crippen molar-refractivity contribution in [1.82, 2.24) is 15.0 Å². The van der Waals surface area contributed by atoms with Crippen molar-refractivity contribution in [3.8, 4) is 16.9 Å². The first-order chi connectivity index (χ1) is 20.4. The van der Waals surface area contributed by atoms with Crippen molar-refractivity contribution < 1.29 is 15.3 Å². The van der Waals surface area contributed by atoms with E-state index in [0.717, 1.165) is 41.4 Å². The zero-order valence-corrected chi connectivity index (χ0v) is 23.7. The average Bonchev–Trinajstić information content (AvgIpc) is 3.41. The first-order valence-corrected chi connectivity index (χ1v) is 13.9. The van der Waals surface area contributed by atoms with Crippen LogP contribution < -0.4 is 26.8 Å². The van der Waals surface area contributed by atoms with Crippen LogP contribution in [0.2, 0.25) is 0 Å². The number of carbonyl (C=O) groups is 1. The maximum atomic E-state index is 13.7. The number of methoxy groups -OCH3 is 1. The van der Waals surface area contributed by atoms with Crippen molar-refractivity contribution in [2.45, 2.75) is 25.8 Å². The number of H-pyrrole nitrogens is 1. The fraction of sp³-hybridized carbons (Fsp3) is 0.188. The second-order valence-corrected chi connectivity index (χ2v) is 9.91. The number of nitrogens with one attached hydrogen (secondary N) is 4. The van der Waals surface area contributed by atoms with Gasteiger partial charge >= 0.3 is 0 Å². The summed E-state index contributed by atoms with van der Waals surface area (Å²) in [5, 5.41) is 16.3. The Morgan fingerprint density at radius 2 is 1.86 bits per heavy atom. The molecular formula is C32H35N8O2+. The smallest absolute Gasteiger partial charge is 0.272 e. The predicted molar refractivity (Wildman–Crippen MR) is 167 cm³/mol. The van der Waals surface area contributed by atoms with Gasteiger partial charge in [-0.2, -0.15) is 0 Å². The summed E-state index contributed by atoms with van der Waals surface area (Å²) in [6.45, 7) is 2.86. The molecular weight excluding hydrogens is 528 g/mol. The van der Waals surface area contributed by atoms with E-state index in [1.54, 1.807) is 18.2 Å². The van der Waals surface area contributed by atoms with E-state index in [9.17, 15) is 4.79 Å². The molecule has 0 saturated carbocycles. The van der Waals surface area contributed by atoms with Crippen molar-refractivity contribution in [3.63, 3.8) is 0 Å². The molecule has 0 aliphatic heterocycles. The molecule has 42 heavy (non-hydrogen) atoms. The number of amides is 1. The van der Waals surface area contributed by atoms with Crippen LogP contribution >= 0.6 is 0 Å². The second kappa shape index (κ2) is 12.5. The number of hydrogen-bond acceptors (Lipinski definition) is 7. The van der Waals surface area contributed by atoms with Crippen molar-refractivity contribution >= 4 is 39.8 Å². The highest BCUT2D eigenvalue weighted by Gasteiger charge is 2.22. The Balaban J connectivity index is 1.46. The molecule has 9 N–H and O–H groups in total. The van der Waals surface area contributed by atoms with Gasteiger partial charge in [0, 0.05) is 34.5 Å². The second-order valence-electron chi connectivity index (χ2n) is 9.91. The number of aromatic nitrogens is 3. The lowest BCUT2D eigenvalue weighted by atomic mass is 10.0. The van der Waals surface area contributed by atoms with E-state index in [-0.39, 0.29) is 23.5 Å². The standard InChI is InChI=1S/C32H34N8O2/c1-3-21(15-16-33)38-31-27(30(35)36-18-37-31)28(34)20-13-14-24(25(17-20)42-2)40-32(41)29-26(19-9-5-4-6-10-19)22-11-7-8-12-23(22)39-29/h4-14,17-18,21,34,39H,3,15-16,33H2,1-2H3,(H,40,41)(H3,35,36,37,38)/p+1. The van der Waals surface area contributed by atoms with Crippen LogP contribution in [0.5, 0.6) is 5.75 Å². The van der Waals surface area contributed by atoms with Crippen LogP contribution in [0.3, 0.4) is 0 Å². The summed E-state index contributed by atoms with van der Waals surface area (Å²) >= 11 is 0. The molecule has 3 aromatic carbocycles. The van der Waals surface area contributed by atoms with Crippen molar-refractivity contribution in [3.05, 3.63) is 95.9 Å². The van der Waals surface area contributed by atoms with Gasteiger partial charge in [-0.15, -0.1) is 0 Å². The summed E-state index contributed by atoms with van der Waals surface area (Å²) in [5.74, 6) is 0.785. The summed E-state index contributed by atoms with van der Waals surface area (Å²) < 4.78 is 5.65. The number of carbonyl (C=O) groups excluding carboxylic acids is 1. The van der Waals surface area contributed by atoms with Gasteiger partial charge in [0.05, 0.1) is 30.6 Å². The Kier molecular flexibility index (Phi) is 8.44. The normalized spacial score (nSPS) is 11.7. The van der Waals surface area contributed by atoms with Crippen LogP contribution in [0.1, 0.15) is 41.4 Å². The minimum absolute atomic E-state index is 0.137. The van der Waals surface area contributed by atoms with Crippen LogP contribution in [0.25, 0.3) is 22.0 Å². The fourth-order valence-corrected chi connectivity index (χ4v) is 5.07. The molecule has 2 aromatic heterocycles. The van der Waals surface area contributed by atoms with E-state index in [2.05, 4.69) is 38.2 Å². The molecule has 0 bridgehead atoms. The van der Waals surface area contributed by atoms with Crippen LogP contribution in [0.15, 0.2) is 79.1 Å². The van der Waals surface area contributed by atoms with Gasteiger partial charge in [0.2, 0.25) is 0 Å². The highest BCUT2D eigenvalue weighted by Crippen LogP contribution is 2.34. The topological polar surface area (TPSA) is 169 Å². The maximum Gasteiger partial charge on any atom is 0.272 e. The predicted octanol–water partition coefficient (Wildman–Crippen LogP) is 4.71. The lowest BCUT2D eigenvalue weighted by molar-refractivity contribution is -0.368. The Labute approximate surface area is 244 Å². The minimum atomic E-state index is -0.311. The van der Waals surface area contributed by atoms with Gasteiger partial charge in [-0.3, -0.25) is 10.2 Å². The molecule has 0 aliphatic rings. The Bertz CT molecular complexity index is 1730. The van der Waals surface area contributed by atoms with E-state index in [0.29, 0.717) is 34.1 Å². The third-order valence-corrected chi connectivity index (χ3v) is 7.25. The number of aromatic amines is 1. The van der Waals surface area contributed by atoms with Gasteiger partial charge in [0.25, 0.3) is 5.91 Å². The number of nitrogens with two attached hydrogens (primary N) is 1. The van der Waals surface area contributed by atoms with E-state index in [1.807, 2.05) is 54.6 Å². The van der Waals surface area contributed by atoms with E-state index in [1.165, 1.54) is 13.4 Å². The first-order valence-electron chi connectivity index (χ1n) is 13.9. The summed E-state index contributed by atoms with van der Waals surface area (Å²) in [4.78, 5) is 25.5. The highest BCUT2D eigenvalue weighted by atomic mass is 16.5. The average molecular weight is 564 g/mol. The number of fused-ring (bicyclic) bond motifs is 1. The molecule has 0 saturated heterocycles. The molecule has 0 radical (unpaired) electrons. The number of nitrogen functional groups attached to an aromatic ring is 1. The molecule has 0 aliphatic carbocycles. The Morgan fingerprint density at radius 1 is 1.10 bits per heavy atom. The van der Waals surface area contributed by atoms with Crippen molar-refractivity contribution in [2.75, 3.05) is 30.0 Å². The number of hydrogen-bond donors (Lipinski definition) is 6. The molecule has 1 unspecified atom stereocenters. The van der Waals surface area contributed by atoms with Gasteiger partial charge in [0.1, 0.15) is 29.4 Å². The van der Waals surface area contributed by atoms with Crippen molar-refractivity contribution in [2.24, 2.45) is 0 Å². The van der Waals surface area contributed by atoms with Crippen LogP contribution in [0, 0.1) is 5.41 Å². The maximum absolute atomic E-state index is 13.7. The van der Waals surface area contributed by atoms with Gasteiger partial charge in [-0.25, -0.2) is 9.97 Å². The van der Waals surface area contributed by atoms with Crippen LogP contribution in [-0.4, -0.2) is 46.3 Å². The molecule has 1 amide bonds. The third kappa shape index (κ3) is 5.65. The third-order valence-electron chi connectivity index (χ3n) is 7.25. The molecule has 10 heteroatoms.